The summed E-state index contributed by atoms with van der Waals surface area (Å²) in [7, 11) is 0. The van der Waals surface area contributed by atoms with Crippen LogP contribution in [0.15, 0.2) is 29.4 Å². The molecule has 0 fully saturated rings. The summed E-state index contributed by atoms with van der Waals surface area (Å²) in [5.74, 6) is 0. The van der Waals surface area contributed by atoms with Gasteiger partial charge in [-0.2, -0.15) is 0 Å². The van der Waals surface area contributed by atoms with Crippen molar-refractivity contribution in [1.82, 2.24) is 0 Å². The molecule has 0 saturated heterocycles. The van der Waals surface area contributed by atoms with Crippen molar-refractivity contribution in [3.63, 3.8) is 0 Å². The Bertz CT molecular complexity index is 284. The molecular formula is C10H14ClNO. The van der Waals surface area contributed by atoms with Crippen LogP contribution in [0.5, 0.6) is 0 Å². The van der Waals surface area contributed by atoms with E-state index in [9.17, 15) is 0 Å². The Morgan fingerprint density at radius 1 is 1.31 bits per heavy atom. The molecular weight excluding hydrogens is 186 g/mol. The van der Waals surface area contributed by atoms with E-state index in [0.29, 0.717) is 0 Å². The predicted molar refractivity (Wildman–Crippen MR) is 56.7 cm³/mol. The van der Waals surface area contributed by atoms with Gasteiger partial charge in [0.1, 0.15) is 0 Å². The molecule has 0 amide bonds. The third kappa shape index (κ3) is 3.47. The van der Waals surface area contributed by atoms with Crippen LogP contribution in [-0.4, -0.2) is 10.4 Å². The van der Waals surface area contributed by atoms with Crippen LogP contribution < -0.4 is 0 Å². The largest absolute Gasteiger partial charge is 0.410 e. The van der Waals surface area contributed by atoms with Crippen LogP contribution in [0, 0.1) is 6.92 Å². The standard InChI is InChI=1S/C8H8ClNO.C2H6/c1-6-4-2-3-5-7(6)8(9)10-11;1-2/h2-5,11H,1H3;1-2H3/b10-8+;. The van der Waals surface area contributed by atoms with Crippen molar-refractivity contribution in [3.8, 4) is 0 Å². The molecule has 1 aromatic rings. The third-order valence-corrected chi connectivity index (χ3v) is 1.73. The maximum Gasteiger partial charge on any atom is 0.175 e. The molecule has 3 heteroatoms. The van der Waals surface area contributed by atoms with Crippen LogP contribution in [0.25, 0.3) is 0 Å². The maximum absolute atomic E-state index is 8.37. The molecule has 0 unspecified atom stereocenters. The summed E-state index contributed by atoms with van der Waals surface area (Å²) in [6.07, 6.45) is 0. The lowest BCUT2D eigenvalue weighted by molar-refractivity contribution is 0.321. The maximum atomic E-state index is 8.37. The number of aryl methyl sites for hydroxylation is 1. The fourth-order valence-electron chi connectivity index (χ4n) is 0.858. The highest BCUT2D eigenvalue weighted by Crippen LogP contribution is 2.10. The van der Waals surface area contributed by atoms with Crippen molar-refractivity contribution < 1.29 is 5.21 Å². The Hall–Kier alpha value is -1.02. The number of rotatable bonds is 1. The van der Waals surface area contributed by atoms with E-state index in [0.717, 1.165) is 11.1 Å². The van der Waals surface area contributed by atoms with E-state index in [1.54, 1.807) is 6.07 Å². The van der Waals surface area contributed by atoms with Gasteiger partial charge < -0.3 is 5.21 Å². The van der Waals surface area contributed by atoms with Gasteiger partial charge in [0.05, 0.1) is 0 Å². The molecule has 0 aliphatic rings. The molecule has 1 aromatic carbocycles. The van der Waals surface area contributed by atoms with Crippen LogP contribution >= 0.6 is 11.6 Å². The Labute approximate surface area is 83.8 Å². The lowest BCUT2D eigenvalue weighted by Gasteiger charge is -1.99. The number of oxime groups is 1. The van der Waals surface area contributed by atoms with Crippen LogP contribution in [0.1, 0.15) is 25.0 Å². The SMILES string of the molecule is CC.Cc1ccccc1/C(Cl)=N\O. The first-order valence-corrected chi connectivity index (χ1v) is 4.57. The molecule has 0 aliphatic carbocycles. The number of halogens is 1. The van der Waals surface area contributed by atoms with Crippen LogP contribution in [0.2, 0.25) is 0 Å². The quantitative estimate of drug-likeness (QED) is 0.420. The second-order valence-corrected chi connectivity index (χ2v) is 2.56. The topological polar surface area (TPSA) is 32.6 Å². The zero-order valence-corrected chi connectivity index (χ0v) is 8.84. The number of hydrogen-bond donors (Lipinski definition) is 1. The Morgan fingerprint density at radius 3 is 2.31 bits per heavy atom. The minimum atomic E-state index is 0.128. The molecule has 1 N–H and O–H groups in total. The molecule has 1 rings (SSSR count). The van der Waals surface area contributed by atoms with E-state index >= 15 is 0 Å². The fourth-order valence-corrected chi connectivity index (χ4v) is 1.07. The van der Waals surface area contributed by atoms with Crippen molar-refractivity contribution in [2.24, 2.45) is 5.16 Å². The van der Waals surface area contributed by atoms with E-state index in [2.05, 4.69) is 5.16 Å². The van der Waals surface area contributed by atoms with E-state index < -0.39 is 0 Å². The van der Waals surface area contributed by atoms with Gasteiger partial charge in [-0.15, -0.1) is 0 Å². The number of hydrogen-bond acceptors (Lipinski definition) is 2. The Balaban J connectivity index is 0.000000671. The molecule has 72 valence electrons. The molecule has 0 bridgehead atoms. The smallest absolute Gasteiger partial charge is 0.175 e. The minimum Gasteiger partial charge on any atom is -0.410 e. The predicted octanol–water partition coefficient (Wildman–Crippen LogP) is 3.40. The molecule has 0 aromatic heterocycles. The summed E-state index contributed by atoms with van der Waals surface area (Å²) >= 11 is 5.60. The summed E-state index contributed by atoms with van der Waals surface area (Å²) in [5, 5.41) is 11.4. The molecule has 0 saturated carbocycles. The molecule has 13 heavy (non-hydrogen) atoms. The first kappa shape index (κ1) is 12.0. The molecule has 0 atom stereocenters. The highest BCUT2D eigenvalue weighted by atomic mass is 35.5. The summed E-state index contributed by atoms with van der Waals surface area (Å²) < 4.78 is 0. The first-order valence-electron chi connectivity index (χ1n) is 4.19. The number of nitrogens with zero attached hydrogens (tertiary/aromatic N) is 1. The van der Waals surface area contributed by atoms with Crippen molar-refractivity contribution in [3.05, 3.63) is 35.4 Å². The van der Waals surface area contributed by atoms with Crippen LogP contribution in [0.3, 0.4) is 0 Å². The van der Waals surface area contributed by atoms with Gasteiger partial charge in [-0.1, -0.05) is 54.9 Å². The summed E-state index contributed by atoms with van der Waals surface area (Å²) in [6.45, 7) is 5.91. The summed E-state index contributed by atoms with van der Waals surface area (Å²) in [5.41, 5.74) is 1.76. The molecule has 0 heterocycles. The summed E-state index contributed by atoms with van der Waals surface area (Å²) in [4.78, 5) is 0. The van der Waals surface area contributed by atoms with Crippen LogP contribution in [0.4, 0.5) is 0 Å². The monoisotopic (exact) mass is 199 g/mol. The Kier molecular flexibility index (Phi) is 5.98. The third-order valence-electron chi connectivity index (χ3n) is 1.46. The first-order chi connectivity index (χ1) is 6.25. The zero-order chi connectivity index (χ0) is 10.3. The van der Waals surface area contributed by atoms with E-state index in [1.165, 1.54) is 0 Å². The van der Waals surface area contributed by atoms with Gasteiger partial charge in [-0.25, -0.2) is 0 Å². The van der Waals surface area contributed by atoms with Gasteiger partial charge in [-0.3, -0.25) is 0 Å². The highest BCUT2D eigenvalue weighted by Gasteiger charge is 2.01. The molecule has 0 aliphatic heterocycles. The zero-order valence-electron chi connectivity index (χ0n) is 8.08. The normalized spacial score (nSPS) is 10.3. The van der Waals surface area contributed by atoms with Gasteiger partial charge in [0.25, 0.3) is 0 Å². The number of benzene rings is 1. The van der Waals surface area contributed by atoms with Crippen molar-refractivity contribution in [1.29, 1.82) is 0 Å². The molecule has 0 spiro atoms. The molecule has 2 nitrogen and oxygen atoms in total. The average molecular weight is 200 g/mol. The van der Waals surface area contributed by atoms with E-state index in [4.69, 9.17) is 16.8 Å². The lowest BCUT2D eigenvalue weighted by atomic mass is 10.1. The van der Waals surface area contributed by atoms with Crippen molar-refractivity contribution in [2.45, 2.75) is 20.8 Å². The minimum absolute atomic E-state index is 0.128. The Morgan fingerprint density at radius 2 is 1.85 bits per heavy atom. The van der Waals surface area contributed by atoms with Crippen molar-refractivity contribution >= 4 is 16.8 Å². The van der Waals surface area contributed by atoms with Gasteiger partial charge >= 0.3 is 0 Å². The lowest BCUT2D eigenvalue weighted by Crippen LogP contribution is -1.93. The second kappa shape index (κ2) is 6.49. The fraction of sp³-hybridized carbons (Fsp3) is 0.300. The summed E-state index contributed by atoms with van der Waals surface area (Å²) in [6, 6.07) is 7.45. The second-order valence-electron chi connectivity index (χ2n) is 2.21. The van der Waals surface area contributed by atoms with E-state index in [-0.39, 0.29) is 5.17 Å². The highest BCUT2D eigenvalue weighted by molar-refractivity contribution is 6.69. The molecule has 0 radical (unpaired) electrons. The van der Waals surface area contributed by atoms with Gasteiger partial charge in [0.15, 0.2) is 5.17 Å². The van der Waals surface area contributed by atoms with Gasteiger partial charge in [0.2, 0.25) is 0 Å². The van der Waals surface area contributed by atoms with Gasteiger partial charge in [0, 0.05) is 5.56 Å². The van der Waals surface area contributed by atoms with Gasteiger partial charge in [-0.05, 0) is 12.5 Å². The average Bonchev–Trinajstić information content (AvgIpc) is 2.20. The van der Waals surface area contributed by atoms with Crippen LogP contribution in [-0.2, 0) is 0 Å². The van der Waals surface area contributed by atoms with Crippen molar-refractivity contribution in [2.75, 3.05) is 0 Å². The van der Waals surface area contributed by atoms with E-state index in [1.807, 2.05) is 39.0 Å².